The average Bonchev–Trinajstić information content (AvgIpc) is 2.70. The molecule has 0 heterocycles. The van der Waals surface area contributed by atoms with Crippen molar-refractivity contribution < 1.29 is 0 Å². The molecular formula is C22H26Br2NP. The van der Waals surface area contributed by atoms with Crippen molar-refractivity contribution in [2.24, 2.45) is 0 Å². The van der Waals surface area contributed by atoms with Crippen LogP contribution in [0.3, 0.4) is 0 Å². The van der Waals surface area contributed by atoms with Crippen LogP contribution in [0.5, 0.6) is 0 Å². The molecule has 0 aliphatic carbocycles. The number of alkyl halides is 1. The number of hydrogen-bond acceptors (Lipinski definition) is 1. The predicted molar refractivity (Wildman–Crippen MR) is 128 cm³/mol. The summed E-state index contributed by atoms with van der Waals surface area (Å²) in [7, 11) is 1.49. The van der Waals surface area contributed by atoms with Crippen molar-refractivity contribution in [2.75, 3.05) is 7.05 Å². The first-order valence-corrected chi connectivity index (χ1v) is 10.8. The fourth-order valence-electron chi connectivity index (χ4n) is 2.38. The molecule has 0 aliphatic rings. The van der Waals surface area contributed by atoms with E-state index in [0.29, 0.717) is 4.95 Å². The molecule has 0 radical (unpaired) electrons. The summed E-state index contributed by atoms with van der Waals surface area (Å²) in [6.45, 7) is 2.12. The Bertz CT molecular complexity index is 610. The van der Waals surface area contributed by atoms with E-state index in [4.69, 9.17) is 0 Å². The predicted octanol–water partition coefficient (Wildman–Crippen LogP) is 5.36. The number of hydrogen-bond donors (Lipinski definition) is 1. The van der Waals surface area contributed by atoms with Crippen LogP contribution in [0.2, 0.25) is 0 Å². The van der Waals surface area contributed by atoms with Gasteiger partial charge < -0.3 is 5.32 Å². The smallest absolute Gasteiger partial charge is 0.0625 e. The van der Waals surface area contributed by atoms with E-state index in [1.54, 1.807) is 0 Å². The monoisotopic (exact) mass is 493 g/mol. The fourth-order valence-corrected chi connectivity index (χ4v) is 4.69. The highest BCUT2D eigenvalue weighted by Gasteiger charge is 2.14. The molecule has 4 heteroatoms. The lowest BCUT2D eigenvalue weighted by atomic mass is 10.4. The Hall–Kier alpha value is -0.990. The lowest BCUT2D eigenvalue weighted by Gasteiger charge is -2.18. The fraction of sp³-hybridized carbons (Fsp3) is 0.182. The van der Waals surface area contributed by atoms with Gasteiger partial charge in [0, 0.05) is 0 Å². The lowest BCUT2D eigenvalue weighted by molar-refractivity contribution is 0.730. The normalized spacial score (nSPS) is 11.1. The Morgan fingerprint density at radius 3 is 1.23 bits per heavy atom. The molecule has 1 atom stereocenters. The van der Waals surface area contributed by atoms with Gasteiger partial charge in [-0.15, -0.1) is 17.0 Å². The van der Waals surface area contributed by atoms with Gasteiger partial charge >= 0.3 is 0 Å². The van der Waals surface area contributed by atoms with Crippen LogP contribution in [0.15, 0.2) is 91.0 Å². The second kappa shape index (κ2) is 13.2. The molecule has 1 nitrogen and oxygen atoms in total. The summed E-state index contributed by atoms with van der Waals surface area (Å²) in [5.41, 5.74) is 0. The highest BCUT2D eigenvalue weighted by atomic mass is 79.9. The van der Waals surface area contributed by atoms with Crippen molar-refractivity contribution in [2.45, 2.75) is 18.3 Å². The van der Waals surface area contributed by atoms with Gasteiger partial charge in [0.25, 0.3) is 0 Å². The zero-order chi connectivity index (χ0) is 17.9. The summed E-state index contributed by atoms with van der Waals surface area (Å²) in [4.78, 5) is 0.498. The van der Waals surface area contributed by atoms with Crippen molar-refractivity contribution in [3.05, 3.63) is 91.0 Å². The zero-order valence-electron chi connectivity index (χ0n) is 15.2. The third-order valence-electron chi connectivity index (χ3n) is 3.71. The number of halogens is 2. The molecule has 0 spiro atoms. The molecule has 0 amide bonds. The second-order valence-electron chi connectivity index (χ2n) is 5.51. The Morgan fingerprint density at radius 1 is 0.731 bits per heavy atom. The average molecular weight is 495 g/mol. The van der Waals surface area contributed by atoms with Crippen LogP contribution in [-0.2, 0) is 0 Å². The third kappa shape index (κ3) is 7.32. The van der Waals surface area contributed by atoms with Crippen LogP contribution < -0.4 is 21.2 Å². The van der Waals surface area contributed by atoms with Gasteiger partial charge in [0.1, 0.15) is 0 Å². The van der Waals surface area contributed by atoms with E-state index in [1.807, 2.05) is 7.05 Å². The molecule has 3 rings (SSSR count). The van der Waals surface area contributed by atoms with E-state index in [9.17, 15) is 0 Å². The second-order valence-corrected chi connectivity index (χ2v) is 8.83. The largest absolute Gasteiger partial charge is 0.308 e. The highest BCUT2D eigenvalue weighted by molar-refractivity contribution is 9.09. The standard InChI is InChI=1S/C18H15P.C4H10BrN.BrH/c1-4-10-16(11-5-1)19(17-12-6-2-7-13-17)18-14-8-3-9-15-18;1-3-4(5)6-2;/h1-15H;4,6H,3H2,1-2H3;1H. The molecule has 26 heavy (non-hydrogen) atoms. The van der Waals surface area contributed by atoms with E-state index in [0.717, 1.165) is 6.42 Å². The van der Waals surface area contributed by atoms with Gasteiger partial charge in [0.2, 0.25) is 0 Å². The topological polar surface area (TPSA) is 12.0 Å². The summed E-state index contributed by atoms with van der Waals surface area (Å²) in [5, 5.41) is 7.23. The zero-order valence-corrected chi connectivity index (χ0v) is 19.4. The lowest BCUT2D eigenvalue weighted by Crippen LogP contribution is -2.20. The minimum absolute atomic E-state index is 0. The summed E-state index contributed by atoms with van der Waals surface area (Å²) in [5.74, 6) is 0. The summed E-state index contributed by atoms with van der Waals surface area (Å²) >= 11 is 3.36. The van der Waals surface area contributed by atoms with Crippen molar-refractivity contribution in [3.63, 3.8) is 0 Å². The molecule has 0 saturated heterocycles. The first kappa shape index (κ1) is 23.0. The van der Waals surface area contributed by atoms with E-state index in [2.05, 4.69) is 119 Å². The van der Waals surface area contributed by atoms with Crippen LogP contribution in [0, 0.1) is 0 Å². The molecule has 3 aromatic carbocycles. The highest BCUT2D eigenvalue weighted by Crippen LogP contribution is 2.32. The van der Waals surface area contributed by atoms with Gasteiger partial charge in [-0.25, -0.2) is 0 Å². The summed E-state index contributed by atoms with van der Waals surface area (Å²) in [6.07, 6.45) is 1.14. The molecule has 0 aromatic heterocycles. The molecule has 138 valence electrons. The van der Waals surface area contributed by atoms with E-state index < -0.39 is 7.92 Å². The molecule has 0 aliphatic heterocycles. The van der Waals surface area contributed by atoms with E-state index in [-0.39, 0.29) is 17.0 Å². The summed E-state index contributed by atoms with van der Waals surface area (Å²) in [6, 6.07) is 32.3. The number of rotatable bonds is 5. The SMILES string of the molecule is Br.CCC(Br)NC.c1ccc(P(c2ccccc2)c2ccccc2)cc1. The van der Waals surface area contributed by atoms with Gasteiger partial charge in [-0.1, -0.05) is 114 Å². The van der Waals surface area contributed by atoms with Gasteiger partial charge in [0.05, 0.1) is 4.95 Å². The van der Waals surface area contributed by atoms with Crippen molar-refractivity contribution in [1.82, 2.24) is 5.32 Å². The minimum Gasteiger partial charge on any atom is -0.308 e. The maximum Gasteiger partial charge on any atom is 0.0625 e. The maximum atomic E-state index is 3.36. The van der Waals surface area contributed by atoms with Gasteiger partial charge in [-0.2, -0.15) is 0 Å². The van der Waals surface area contributed by atoms with Crippen LogP contribution in [-0.4, -0.2) is 12.0 Å². The van der Waals surface area contributed by atoms with Gasteiger partial charge in [0.15, 0.2) is 0 Å². The summed E-state index contributed by atoms with van der Waals surface area (Å²) < 4.78 is 0. The molecule has 0 fully saturated rings. The maximum absolute atomic E-state index is 3.36. The molecule has 1 N–H and O–H groups in total. The third-order valence-corrected chi connectivity index (χ3v) is 7.26. The Morgan fingerprint density at radius 2 is 1.04 bits per heavy atom. The minimum atomic E-state index is -0.446. The number of nitrogens with one attached hydrogen (secondary N) is 1. The molecular weight excluding hydrogens is 469 g/mol. The van der Waals surface area contributed by atoms with E-state index in [1.165, 1.54) is 15.9 Å². The van der Waals surface area contributed by atoms with Crippen molar-refractivity contribution in [1.29, 1.82) is 0 Å². The molecule has 3 aromatic rings. The van der Waals surface area contributed by atoms with Gasteiger partial charge in [-0.3, -0.25) is 0 Å². The van der Waals surface area contributed by atoms with Crippen LogP contribution in [0.4, 0.5) is 0 Å². The molecule has 0 bridgehead atoms. The molecule has 0 saturated carbocycles. The first-order chi connectivity index (χ1) is 12.3. The molecule has 1 unspecified atom stereocenters. The quantitative estimate of drug-likeness (QED) is 0.286. The van der Waals surface area contributed by atoms with E-state index >= 15 is 0 Å². The van der Waals surface area contributed by atoms with Crippen LogP contribution >= 0.6 is 40.8 Å². The first-order valence-electron chi connectivity index (χ1n) is 8.53. The Balaban J connectivity index is 0.000000422. The van der Waals surface area contributed by atoms with Crippen molar-refractivity contribution >= 4 is 56.7 Å². The van der Waals surface area contributed by atoms with Gasteiger partial charge in [-0.05, 0) is 37.3 Å². The Kier molecular flexibility index (Phi) is 11.7. The Labute approximate surface area is 177 Å². The van der Waals surface area contributed by atoms with Crippen LogP contribution in [0.1, 0.15) is 13.3 Å². The van der Waals surface area contributed by atoms with Crippen molar-refractivity contribution in [3.8, 4) is 0 Å². The van der Waals surface area contributed by atoms with Crippen LogP contribution in [0.25, 0.3) is 0 Å². The number of benzene rings is 3.